The number of hydrogen-bond donors (Lipinski definition) is 1. The standard InChI is InChI=1S/C14H23NO3/c1-5-15-11(9-10-16-2)14-12(17-3)7-6-8-13(14)18-4/h6-8,11,15H,5,9-10H2,1-4H3. The molecule has 1 unspecified atom stereocenters. The van der Waals surface area contributed by atoms with Crippen LogP contribution in [0, 0.1) is 0 Å². The molecule has 1 N–H and O–H groups in total. The van der Waals surface area contributed by atoms with Crippen molar-refractivity contribution in [3.05, 3.63) is 23.8 Å². The summed E-state index contributed by atoms with van der Waals surface area (Å²) in [4.78, 5) is 0. The van der Waals surface area contributed by atoms with Crippen LogP contribution in [0.4, 0.5) is 0 Å². The van der Waals surface area contributed by atoms with Crippen LogP contribution in [0.25, 0.3) is 0 Å². The zero-order valence-corrected chi connectivity index (χ0v) is 11.7. The Morgan fingerprint density at radius 3 is 2.17 bits per heavy atom. The topological polar surface area (TPSA) is 39.7 Å². The molecular formula is C14H23NO3. The SMILES string of the molecule is CCNC(CCOC)c1c(OC)cccc1OC. The van der Waals surface area contributed by atoms with Crippen LogP contribution in [-0.2, 0) is 4.74 Å². The largest absolute Gasteiger partial charge is 0.496 e. The third-order valence-electron chi connectivity index (χ3n) is 2.88. The molecule has 0 aliphatic rings. The van der Waals surface area contributed by atoms with E-state index in [1.807, 2.05) is 18.2 Å². The van der Waals surface area contributed by atoms with E-state index in [-0.39, 0.29) is 6.04 Å². The summed E-state index contributed by atoms with van der Waals surface area (Å²) >= 11 is 0. The van der Waals surface area contributed by atoms with Crippen LogP contribution in [0.3, 0.4) is 0 Å². The summed E-state index contributed by atoms with van der Waals surface area (Å²) in [5.74, 6) is 1.69. The van der Waals surface area contributed by atoms with E-state index in [2.05, 4.69) is 12.2 Å². The molecule has 0 amide bonds. The van der Waals surface area contributed by atoms with Gasteiger partial charge in [-0.3, -0.25) is 0 Å². The highest BCUT2D eigenvalue weighted by Crippen LogP contribution is 2.35. The minimum absolute atomic E-state index is 0.168. The summed E-state index contributed by atoms with van der Waals surface area (Å²) in [5, 5.41) is 3.44. The number of benzene rings is 1. The molecule has 0 aliphatic carbocycles. The van der Waals surface area contributed by atoms with Gasteiger partial charge in [0.1, 0.15) is 11.5 Å². The number of nitrogens with one attached hydrogen (secondary N) is 1. The van der Waals surface area contributed by atoms with Gasteiger partial charge in [0.25, 0.3) is 0 Å². The smallest absolute Gasteiger partial charge is 0.127 e. The molecule has 0 saturated heterocycles. The van der Waals surface area contributed by atoms with E-state index in [4.69, 9.17) is 14.2 Å². The van der Waals surface area contributed by atoms with Gasteiger partial charge < -0.3 is 19.5 Å². The van der Waals surface area contributed by atoms with Crippen molar-refractivity contribution in [2.75, 3.05) is 34.5 Å². The Balaban J connectivity index is 3.06. The van der Waals surface area contributed by atoms with E-state index >= 15 is 0 Å². The zero-order valence-electron chi connectivity index (χ0n) is 11.7. The highest BCUT2D eigenvalue weighted by atomic mass is 16.5. The van der Waals surface area contributed by atoms with E-state index in [0.29, 0.717) is 6.61 Å². The molecule has 1 aromatic rings. The van der Waals surface area contributed by atoms with E-state index in [0.717, 1.165) is 30.0 Å². The predicted octanol–water partition coefficient (Wildman–Crippen LogP) is 2.39. The van der Waals surface area contributed by atoms with Gasteiger partial charge in [0.05, 0.1) is 19.8 Å². The van der Waals surface area contributed by atoms with E-state index in [9.17, 15) is 0 Å². The first-order valence-corrected chi connectivity index (χ1v) is 6.21. The monoisotopic (exact) mass is 253 g/mol. The molecule has 0 spiro atoms. The molecule has 0 bridgehead atoms. The van der Waals surface area contributed by atoms with Crippen LogP contribution in [0.5, 0.6) is 11.5 Å². The summed E-state index contributed by atoms with van der Waals surface area (Å²) in [6.45, 7) is 3.66. The molecular weight excluding hydrogens is 230 g/mol. The number of hydrogen-bond acceptors (Lipinski definition) is 4. The molecule has 4 nitrogen and oxygen atoms in total. The van der Waals surface area contributed by atoms with Gasteiger partial charge >= 0.3 is 0 Å². The number of ether oxygens (including phenoxy) is 3. The molecule has 0 heterocycles. The van der Waals surface area contributed by atoms with Gasteiger partial charge in [0, 0.05) is 19.8 Å². The van der Waals surface area contributed by atoms with Crippen molar-refractivity contribution >= 4 is 0 Å². The van der Waals surface area contributed by atoms with Crippen LogP contribution in [0.2, 0.25) is 0 Å². The van der Waals surface area contributed by atoms with Gasteiger partial charge in [0.2, 0.25) is 0 Å². The molecule has 18 heavy (non-hydrogen) atoms. The third kappa shape index (κ3) is 3.62. The lowest BCUT2D eigenvalue weighted by atomic mass is 10.0. The first-order valence-electron chi connectivity index (χ1n) is 6.21. The normalized spacial score (nSPS) is 12.2. The molecule has 0 radical (unpaired) electrons. The molecule has 0 aliphatic heterocycles. The first-order chi connectivity index (χ1) is 8.78. The summed E-state index contributed by atoms with van der Waals surface area (Å²) in [6.07, 6.45) is 0.876. The van der Waals surface area contributed by atoms with Crippen LogP contribution in [0.1, 0.15) is 24.9 Å². The lowest BCUT2D eigenvalue weighted by Gasteiger charge is -2.22. The van der Waals surface area contributed by atoms with Crippen LogP contribution >= 0.6 is 0 Å². The van der Waals surface area contributed by atoms with E-state index < -0.39 is 0 Å². The van der Waals surface area contributed by atoms with Gasteiger partial charge in [-0.2, -0.15) is 0 Å². The maximum Gasteiger partial charge on any atom is 0.127 e. The fourth-order valence-corrected chi connectivity index (χ4v) is 2.05. The van der Waals surface area contributed by atoms with Crippen LogP contribution in [0.15, 0.2) is 18.2 Å². The second kappa shape index (κ2) is 7.95. The Hall–Kier alpha value is -1.26. The summed E-state index contributed by atoms with van der Waals surface area (Å²) in [5.41, 5.74) is 1.06. The van der Waals surface area contributed by atoms with E-state index in [1.54, 1.807) is 21.3 Å². The first kappa shape index (κ1) is 14.8. The Morgan fingerprint density at radius 2 is 1.72 bits per heavy atom. The third-order valence-corrected chi connectivity index (χ3v) is 2.88. The van der Waals surface area contributed by atoms with Crippen molar-refractivity contribution in [2.45, 2.75) is 19.4 Å². The lowest BCUT2D eigenvalue weighted by molar-refractivity contribution is 0.182. The Morgan fingerprint density at radius 1 is 1.11 bits per heavy atom. The van der Waals surface area contributed by atoms with Crippen molar-refractivity contribution < 1.29 is 14.2 Å². The molecule has 1 atom stereocenters. The second-order valence-electron chi connectivity index (χ2n) is 3.97. The van der Waals surface area contributed by atoms with Crippen LogP contribution < -0.4 is 14.8 Å². The Kier molecular flexibility index (Phi) is 6.54. The lowest BCUT2D eigenvalue weighted by Crippen LogP contribution is -2.23. The Bertz CT molecular complexity index is 333. The quantitative estimate of drug-likeness (QED) is 0.772. The molecule has 1 aromatic carbocycles. The van der Waals surface area contributed by atoms with Gasteiger partial charge in [0.15, 0.2) is 0 Å². The second-order valence-corrected chi connectivity index (χ2v) is 3.97. The highest BCUT2D eigenvalue weighted by molar-refractivity contribution is 5.47. The highest BCUT2D eigenvalue weighted by Gasteiger charge is 2.19. The molecule has 1 rings (SSSR count). The maximum absolute atomic E-state index is 5.43. The number of rotatable bonds is 8. The average molecular weight is 253 g/mol. The van der Waals surface area contributed by atoms with Crippen molar-refractivity contribution in [1.29, 1.82) is 0 Å². The van der Waals surface area contributed by atoms with Gasteiger partial charge in [-0.15, -0.1) is 0 Å². The maximum atomic E-state index is 5.43. The Labute approximate surface area is 109 Å². The number of methoxy groups -OCH3 is 3. The van der Waals surface area contributed by atoms with Crippen molar-refractivity contribution in [2.24, 2.45) is 0 Å². The minimum Gasteiger partial charge on any atom is -0.496 e. The summed E-state index contributed by atoms with van der Waals surface area (Å²) in [6, 6.07) is 6.01. The minimum atomic E-state index is 0.168. The van der Waals surface area contributed by atoms with Crippen molar-refractivity contribution in [1.82, 2.24) is 5.32 Å². The molecule has 4 heteroatoms. The van der Waals surface area contributed by atoms with Crippen molar-refractivity contribution in [3.8, 4) is 11.5 Å². The average Bonchev–Trinajstić information content (AvgIpc) is 2.42. The summed E-state index contributed by atoms with van der Waals surface area (Å²) in [7, 11) is 5.07. The fraction of sp³-hybridized carbons (Fsp3) is 0.571. The van der Waals surface area contributed by atoms with Crippen LogP contribution in [-0.4, -0.2) is 34.5 Å². The van der Waals surface area contributed by atoms with Crippen molar-refractivity contribution in [3.63, 3.8) is 0 Å². The van der Waals surface area contributed by atoms with E-state index in [1.165, 1.54) is 0 Å². The molecule has 102 valence electrons. The fourth-order valence-electron chi connectivity index (χ4n) is 2.05. The summed E-state index contributed by atoms with van der Waals surface area (Å²) < 4.78 is 16.0. The molecule has 0 saturated carbocycles. The van der Waals surface area contributed by atoms with Gasteiger partial charge in [-0.05, 0) is 25.1 Å². The van der Waals surface area contributed by atoms with Gasteiger partial charge in [-0.1, -0.05) is 13.0 Å². The zero-order chi connectivity index (χ0) is 13.4. The predicted molar refractivity (Wildman–Crippen MR) is 72.5 cm³/mol. The molecule has 0 fully saturated rings. The molecule has 0 aromatic heterocycles. The van der Waals surface area contributed by atoms with Gasteiger partial charge in [-0.25, -0.2) is 0 Å².